The number of rotatable bonds is 2. The van der Waals surface area contributed by atoms with Crippen molar-refractivity contribution in [2.24, 2.45) is 0 Å². The number of carbonyl (C=O) groups excluding carboxylic acids is 1. The molecule has 0 saturated heterocycles. The number of hydrogen-bond acceptors (Lipinski definition) is 2. The molecule has 0 aromatic rings. The molecule has 0 spiro atoms. The number of thiol groups is 1. The van der Waals surface area contributed by atoms with Gasteiger partial charge in [0.05, 0.1) is 0 Å². The van der Waals surface area contributed by atoms with Crippen LogP contribution in [0.5, 0.6) is 0 Å². The molecule has 48 valence electrons. The molecule has 0 radical (unpaired) electrons. The molecular formula is C5H10O2S. The molecule has 0 saturated carbocycles. The van der Waals surface area contributed by atoms with Crippen molar-refractivity contribution in [2.75, 3.05) is 7.11 Å². The van der Waals surface area contributed by atoms with Gasteiger partial charge in [-0.3, -0.25) is 4.79 Å². The minimum atomic E-state index is -0.733. The van der Waals surface area contributed by atoms with Crippen molar-refractivity contribution in [3.8, 4) is 0 Å². The number of methoxy groups -OCH3 is 1. The van der Waals surface area contributed by atoms with Gasteiger partial charge in [0, 0.05) is 7.11 Å². The lowest BCUT2D eigenvalue weighted by Gasteiger charge is -2.16. The molecule has 0 aliphatic rings. The summed E-state index contributed by atoms with van der Waals surface area (Å²) in [5, 5.41) is -0.250. The van der Waals surface area contributed by atoms with E-state index in [1.54, 1.807) is 13.8 Å². The van der Waals surface area contributed by atoms with Crippen molar-refractivity contribution in [2.45, 2.75) is 19.4 Å². The van der Waals surface area contributed by atoms with Gasteiger partial charge in [-0.05, 0) is 13.8 Å². The summed E-state index contributed by atoms with van der Waals surface area (Å²) in [6.07, 6.45) is 0. The van der Waals surface area contributed by atoms with Crippen LogP contribution < -0.4 is 0 Å². The molecule has 0 rings (SSSR count). The molecule has 0 aromatic carbocycles. The predicted octanol–water partition coefficient (Wildman–Crippen LogP) is 0.868. The molecule has 3 heteroatoms. The Morgan fingerprint density at radius 1 is 1.62 bits per heavy atom. The van der Waals surface area contributed by atoms with Crippen molar-refractivity contribution < 1.29 is 9.53 Å². The normalized spacial score (nSPS) is 11.5. The highest BCUT2D eigenvalue weighted by Crippen LogP contribution is 2.09. The monoisotopic (exact) mass is 134 g/mol. The van der Waals surface area contributed by atoms with Gasteiger partial charge >= 0.3 is 0 Å². The van der Waals surface area contributed by atoms with Crippen molar-refractivity contribution in [1.82, 2.24) is 0 Å². The summed E-state index contributed by atoms with van der Waals surface area (Å²) in [6.45, 7) is 3.34. The lowest BCUT2D eigenvalue weighted by Crippen LogP contribution is -2.29. The molecular weight excluding hydrogens is 124 g/mol. The second-order valence-corrected chi connectivity index (χ2v) is 2.43. The van der Waals surface area contributed by atoms with E-state index in [-0.39, 0.29) is 5.12 Å². The molecule has 0 aliphatic carbocycles. The molecule has 0 amide bonds. The van der Waals surface area contributed by atoms with E-state index in [9.17, 15) is 4.79 Å². The largest absolute Gasteiger partial charge is 0.370 e. The first-order valence-corrected chi connectivity index (χ1v) is 2.74. The molecule has 0 heterocycles. The van der Waals surface area contributed by atoms with Crippen LogP contribution in [0, 0.1) is 0 Å². The lowest BCUT2D eigenvalue weighted by atomic mass is 10.2. The van der Waals surface area contributed by atoms with Crippen LogP contribution in [-0.4, -0.2) is 17.8 Å². The Hall–Kier alpha value is -0.0200. The fraction of sp³-hybridized carbons (Fsp3) is 0.800. The SMILES string of the molecule is COC(C)(C)C(=O)S. The smallest absolute Gasteiger partial charge is 0.217 e. The maximum Gasteiger partial charge on any atom is 0.217 e. The van der Waals surface area contributed by atoms with Crippen LogP contribution >= 0.6 is 12.6 Å². The standard InChI is InChI=1S/C5H10O2S/c1-5(2,7-3)4(6)8/h1-3H3,(H,6,8). The van der Waals surface area contributed by atoms with E-state index in [0.29, 0.717) is 0 Å². The Labute approximate surface area is 54.6 Å². The number of carbonyl (C=O) groups is 1. The molecule has 8 heavy (non-hydrogen) atoms. The Balaban J connectivity index is 3.91. The molecule has 0 fully saturated rings. The van der Waals surface area contributed by atoms with Gasteiger partial charge in [0.15, 0.2) is 0 Å². The summed E-state index contributed by atoms with van der Waals surface area (Å²) in [6, 6.07) is 0. The molecule has 0 atom stereocenters. The van der Waals surface area contributed by atoms with Crippen LogP contribution in [-0.2, 0) is 9.53 Å². The highest BCUT2D eigenvalue weighted by atomic mass is 32.1. The quantitative estimate of drug-likeness (QED) is 0.567. The van der Waals surface area contributed by atoms with E-state index in [1.807, 2.05) is 0 Å². The van der Waals surface area contributed by atoms with Gasteiger partial charge in [0.2, 0.25) is 5.12 Å². The van der Waals surface area contributed by atoms with Crippen molar-refractivity contribution >= 4 is 17.7 Å². The Morgan fingerprint density at radius 2 is 2.00 bits per heavy atom. The molecule has 0 bridgehead atoms. The van der Waals surface area contributed by atoms with Gasteiger partial charge in [-0.2, -0.15) is 0 Å². The maximum atomic E-state index is 10.4. The first-order chi connectivity index (χ1) is 3.50. The minimum absolute atomic E-state index is 0.250. The lowest BCUT2D eigenvalue weighted by molar-refractivity contribution is -0.127. The zero-order chi connectivity index (χ0) is 6.78. The van der Waals surface area contributed by atoms with E-state index in [4.69, 9.17) is 4.74 Å². The zero-order valence-electron chi connectivity index (χ0n) is 5.26. The maximum absolute atomic E-state index is 10.4. The molecule has 0 aromatic heterocycles. The summed E-state index contributed by atoms with van der Waals surface area (Å²) in [7, 11) is 1.48. The van der Waals surface area contributed by atoms with Crippen LogP contribution in [0.3, 0.4) is 0 Å². The van der Waals surface area contributed by atoms with Crippen LogP contribution in [0.25, 0.3) is 0 Å². The third kappa shape index (κ3) is 1.84. The average Bonchev–Trinajstić information content (AvgIpc) is 1.67. The van der Waals surface area contributed by atoms with Gasteiger partial charge in [-0.1, -0.05) is 0 Å². The number of hydrogen-bond donors (Lipinski definition) is 1. The van der Waals surface area contributed by atoms with Gasteiger partial charge in [-0.25, -0.2) is 0 Å². The third-order valence-corrected chi connectivity index (χ3v) is 1.56. The minimum Gasteiger partial charge on any atom is -0.370 e. The van der Waals surface area contributed by atoms with Crippen molar-refractivity contribution in [3.63, 3.8) is 0 Å². The van der Waals surface area contributed by atoms with Crippen LogP contribution in [0.1, 0.15) is 13.8 Å². The van der Waals surface area contributed by atoms with E-state index < -0.39 is 5.60 Å². The predicted molar refractivity (Wildman–Crippen MR) is 35.1 cm³/mol. The van der Waals surface area contributed by atoms with E-state index in [2.05, 4.69) is 12.6 Å². The molecule has 0 N–H and O–H groups in total. The van der Waals surface area contributed by atoms with Gasteiger partial charge in [0.25, 0.3) is 0 Å². The molecule has 0 aliphatic heterocycles. The third-order valence-electron chi connectivity index (χ3n) is 1.03. The van der Waals surface area contributed by atoms with Crippen LogP contribution in [0.4, 0.5) is 0 Å². The summed E-state index contributed by atoms with van der Waals surface area (Å²) in [5.41, 5.74) is -0.733. The van der Waals surface area contributed by atoms with Crippen molar-refractivity contribution in [3.05, 3.63) is 0 Å². The summed E-state index contributed by atoms with van der Waals surface area (Å²) in [5.74, 6) is 0. The fourth-order valence-corrected chi connectivity index (χ4v) is 0.179. The summed E-state index contributed by atoms with van der Waals surface area (Å²) < 4.78 is 4.77. The van der Waals surface area contributed by atoms with E-state index in [0.717, 1.165) is 0 Å². The Kier molecular flexibility index (Phi) is 2.50. The molecule has 0 unspecified atom stereocenters. The molecule has 2 nitrogen and oxygen atoms in total. The highest BCUT2D eigenvalue weighted by molar-refractivity contribution is 7.96. The average molecular weight is 134 g/mol. The Bertz CT molecular complexity index is 98.6. The van der Waals surface area contributed by atoms with E-state index in [1.165, 1.54) is 7.11 Å². The fourth-order valence-electron chi connectivity index (χ4n) is 0.0873. The summed E-state index contributed by atoms with van der Waals surface area (Å²) in [4.78, 5) is 10.4. The first-order valence-electron chi connectivity index (χ1n) is 2.29. The second kappa shape index (κ2) is 2.51. The topological polar surface area (TPSA) is 26.3 Å². The van der Waals surface area contributed by atoms with Crippen molar-refractivity contribution in [1.29, 1.82) is 0 Å². The zero-order valence-corrected chi connectivity index (χ0v) is 6.16. The second-order valence-electron chi connectivity index (χ2n) is 2.02. The summed E-state index contributed by atoms with van der Waals surface area (Å²) >= 11 is 3.59. The highest BCUT2D eigenvalue weighted by Gasteiger charge is 2.22. The van der Waals surface area contributed by atoms with Gasteiger partial charge in [0.1, 0.15) is 5.60 Å². The first kappa shape index (κ1) is 7.98. The van der Waals surface area contributed by atoms with Gasteiger partial charge in [-0.15, -0.1) is 12.6 Å². The van der Waals surface area contributed by atoms with E-state index >= 15 is 0 Å². The van der Waals surface area contributed by atoms with Gasteiger partial charge < -0.3 is 4.74 Å². The van der Waals surface area contributed by atoms with Crippen LogP contribution in [0.2, 0.25) is 0 Å². The number of ether oxygens (including phenoxy) is 1. The Morgan fingerprint density at radius 3 is 2.00 bits per heavy atom. The van der Waals surface area contributed by atoms with Crippen LogP contribution in [0.15, 0.2) is 0 Å².